The normalized spacial score (nSPS) is 19.6. The van der Waals surface area contributed by atoms with Gasteiger partial charge >= 0.3 is 12.1 Å². The molecule has 3 nitrogen and oxygen atoms in total. The molecule has 2 N–H and O–H groups in total. The van der Waals surface area contributed by atoms with E-state index in [1.54, 1.807) is 23.1 Å². The molecule has 1 aliphatic heterocycles. The van der Waals surface area contributed by atoms with Crippen molar-refractivity contribution in [1.82, 2.24) is 4.90 Å². The van der Waals surface area contributed by atoms with Crippen molar-refractivity contribution < 1.29 is 26.7 Å². The number of amides is 1. The van der Waals surface area contributed by atoms with Gasteiger partial charge in [-0.2, -0.15) is 22.0 Å². The number of alkyl halides is 5. The van der Waals surface area contributed by atoms with Crippen LogP contribution in [0.1, 0.15) is 28.8 Å². The van der Waals surface area contributed by atoms with Crippen molar-refractivity contribution in [3.63, 3.8) is 0 Å². The largest absolute Gasteiger partial charge is 0.453 e. The molecule has 1 aliphatic rings. The molecular weight excluding hydrogens is 331 g/mol. The lowest BCUT2D eigenvalue weighted by atomic mass is 9.97. The highest BCUT2D eigenvalue weighted by atomic mass is 19.4. The van der Waals surface area contributed by atoms with Gasteiger partial charge in [-0.3, -0.25) is 4.79 Å². The number of hydrogen-bond donors (Lipinski definition) is 1. The fraction of sp³-hybridized carbons (Fsp3) is 0.562. The number of primary amides is 1. The fourth-order valence-corrected chi connectivity index (χ4v) is 2.91. The maximum Gasteiger partial charge on any atom is 0.453 e. The first kappa shape index (κ1) is 18.6. The van der Waals surface area contributed by atoms with E-state index in [-0.39, 0.29) is 12.5 Å². The van der Waals surface area contributed by atoms with E-state index in [9.17, 15) is 26.7 Å². The Kier molecular flexibility index (Phi) is 5.47. The van der Waals surface area contributed by atoms with Crippen molar-refractivity contribution in [1.29, 1.82) is 0 Å². The molecule has 0 spiro atoms. The molecule has 0 radical (unpaired) electrons. The van der Waals surface area contributed by atoms with Gasteiger partial charge in [0.15, 0.2) is 0 Å². The van der Waals surface area contributed by atoms with Crippen LogP contribution in [0.15, 0.2) is 24.3 Å². The third kappa shape index (κ3) is 4.66. The van der Waals surface area contributed by atoms with Gasteiger partial charge in [0.1, 0.15) is 0 Å². The van der Waals surface area contributed by atoms with Gasteiger partial charge in [-0.15, -0.1) is 0 Å². The minimum absolute atomic E-state index is 0.160. The Balaban J connectivity index is 1.85. The maximum atomic E-state index is 13.0. The molecule has 0 aromatic heterocycles. The molecule has 134 valence electrons. The van der Waals surface area contributed by atoms with Crippen LogP contribution in [0.2, 0.25) is 0 Å². The Hall–Kier alpha value is -1.70. The summed E-state index contributed by atoms with van der Waals surface area (Å²) in [4.78, 5) is 12.8. The summed E-state index contributed by atoms with van der Waals surface area (Å²) in [6.45, 7) is 0.674. The van der Waals surface area contributed by atoms with E-state index in [1.165, 1.54) is 0 Å². The number of hydrogen-bond acceptors (Lipinski definition) is 2. The van der Waals surface area contributed by atoms with Gasteiger partial charge in [-0.1, -0.05) is 12.1 Å². The van der Waals surface area contributed by atoms with Crippen molar-refractivity contribution in [3.8, 4) is 0 Å². The molecule has 1 atom stereocenters. The maximum absolute atomic E-state index is 13.0. The highest BCUT2D eigenvalue weighted by molar-refractivity contribution is 5.92. The Morgan fingerprint density at radius 1 is 1.25 bits per heavy atom. The highest BCUT2D eigenvalue weighted by Crippen LogP contribution is 2.38. The second kappa shape index (κ2) is 7.04. The lowest BCUT2D eigenvalue weighted by Gasteiger charge is -2.23. The van der Waals surface area contributed by atoms with Crippen LogP contribution in [0, 0.1) is 5.92 Å². The van der Waals surface area contributed by atoms with E-state index in [0.29, 0.717) is 25.1 Å². The number of nitrogens with zero attached hydrogens (tertiary/aromatic N) is 1. The van der Waals surface area contributed by atoms with Gasteiger partial charge < -0.3 is 10.6 Å². The van der Waals surface area contributed by atoms with Crippen LogP contribution in [0.5, 0.6) is 0 Å². The topological polar surface area (TPSA) is 46.3 Å². The minimum Gasteiger partial charge on any atom is -0.366 e. The van der Waals surface area contributed by atoms with E-state index in [1.807, 2.05) is 6.07 Å². The molecule has 1 saturated heterocycles. The van der Waals surface area contributed by atoms with Gasteiger partial charge in [0.25, 0.3) is 0 Å². The summed E-state index contributed by atoms with van der Waals surface area (Å²) in [5.41, 5.74) is 6.52. The predicted octanol–water partition coefficient (Wildman–Crippen LogP) is 3.24. The second-order valence-corrected chi connectivity index (χ2v) is 6.18. The average molecular weight is 350 g/mol. The first-order valence-electron chi connectivity index (χ1n) is 7.64. The first-order chi connectivity index (χ1) is 11.1. The van der Waals surface area contributed by atoms with Crippen molar-refractivity contribution in [3.05, 3.63) is 35.4 Å². The number of carbonyl (C=O) groups is 1. The second-order valence-electron chi connectivity index (χ2n) is 6.18. The number of likely N-dealkylation sites (tertiary alicyclic amines) is 1. The average Bonchev–Trinajstić information content (AvgIpc) is 2.92. The Bertz CT molecular complexity index is 588. The van der Waals surface area contributed by atoms with E-state index in [0.717, 1.165) is 12.0 Å². The molecule has 8 heteroatoms. The van der Waals surface area contributed by atoms with E-state index in [4.69, 9.17) is 5.73 Å². The molecular formula is C16H19F5N2O. The highest BCUT2D eigenvalue weighted by Gasteiger charge is 2.56. The van der Waals surface area contributed by atoms with Crippen molar-refractivity contribution in [2.24, 2.45) is 11.7 Å². The van der Waals surface area contributed by atoms with Crippen molar-refractivity contribution >= 4 is 5.91 Å². The summed E-state index contributed by atoms with van der Waals surface area (Å²) in [7, 11) is 0. The molecule has 1 aromatic carbocycles. The van der Waals surface area contributed by atoms with Crippen LogP contribution >= 0.6 is 0 Å². The lowest BCUT2D eigenvalue weighted by Crippen LogP contribution is -2.39. The number of halogens is 5. The molecule has 1 amide bonds. The third-order valence-electron chi connectivity index (χ3n) is 4.26. The van der Waals surface area contributed by atoms with Crippen molar-refractivity contribution in [2.45, 2.75) is 31.4 Å². The summed E-state index contributed by atoms with van der Waals surface area (Å²) in [6, 6.07) is 6.84. The van der Waals surface area contributed by atoms with Gasteiger partial charge in [0.05, 0.1) is 0 Å². The fourth-order valence-electron chi connectivity index (χ4n) is 2.91. The zero-order valence-corrected chi connectivity index (χ0v) is 13.0. The summed E-state index contributed by atoms with van der Waals surface area (Å²) in [5.74, 6) is -5.02. The van der Waals surface area contributed by atoms with Crippen LogP contribution in [0.25, 0.3) is 0 Å². The van der Waals surface area contributed by atoms with Crippen LogP contribution in [-0.4, -0.2) is 42.5 Å². The first-order valence-corrected chi connectivity index (χ1v) is 7.64. The summed E-state index contributed by atoms with van der Waals surface area (Å²) in [6.07, 6.45) is -5.37. The van der Waals surface area contributed by atoms with Crippen LogP contribution in [0.4, 0.5) is 22.0 Å². The van der Waals surface area contributed by atoms with Gasteiger partial charge in [-0.25, -0.2) is 0 Å². The summed E-state index contributed by atoms with van der Waals surface area (Å²) in [5, 5.41) is 0. The van der Waals surface area contributed by atoms with Crippen LogP contribution in [-0.2, 0) is 6.42 Å². The number of nitrogens with two attached hydrogens (primary N) is 1. The van der Waals surface area contributed by atoms with Gasteiger partial charge in [-0.05, 0) is 43.0 Å². The number of benzene rings is 1. The van der Waals surface area contributed by atoms with Crippen LogP contribution in [0.3, 0.4) is 0 Å². The monoisotopic (exact) mass is 350 g/mol. The lowest BCUT2D eigenvalue weighted by molar-refractivity contribution is -0.284. The Labute approximate surface area is 136 Å². The quantitative estimate of drug-likeness (QED) is 0.801. The van der Waals surface area contributed by atoms with E-state index < -0.39 is 24.4 Å². The standard InChI is InChI=1S/C16H19F5N2O/c17-15(18,16(19,20)21)5-7-23-6-4-12(10-23)8-11-2-1-3-13(9-11)14(22)24/h1-3,9,12H,4-8,10H2,(H2,22,24)/t12-/m1/s1. The molecule has 0 aliphatic carbocycles. The molecule has 1 aromatic rings. The summed E-state index contributed by atoms with van der Waals surface area (Å²) < 4.78 is 62.4. The Morgan fingerprint density at radius 2 is 1.96 bits per heavy atom. The predicted molar refractivity (Wildman–Crippen MR) is 78.8 cm³/mol. The Morgan fingerprint density at radius 3 is 2.58 bits per heavy atom. The molecule has 0 bridgehead atoms. The molecule has 0 unspecified atom stereocenters. The summed E-state index contributed by atoms with van der Waals surface area (Å²) >= 11 is 0. The molecule has 1 heterocycles. The van der Waals surface area contributed by atoms with Crippen molar-refractivity contribution in [2.75, 3.05) is 19.6 Å². The zero-order valence-electron chi connectivity index (χ0n) is 13.0. The molecule has 2 rings (SSSR count). The number of carbonyl (C=O) groups excluding carboxylic acids is 1. The molecule has 24 heavy (non-hydrogen) atoms. The van der Waals surface area contributed by atoms with Gasteiger partial charge in [0, 0.05) is 25.1 Å². The molecule has 0 saturated carbocycles. The van der Waals surface area contributed by atoms with Crippen LogP contribution < -0.4 is 5.73 Å². The minimum atomic E-state index is -5.50. The van der Waals surface area contributed by atoms with E-state index >= 15 is 0 Å². The zero-order chi connectivity index (χ0) is 18.0. The number of rotatable bonds is 6. The van der Waals surface area contributed by atoms with E-state index in [2.05, 4.69) is 0 Å². The molecule has 1 fully saturated rings. The third-order valence-corrected chi connectivity index (χ3v) is 4.26. The SMILES string of the molecule is NC(=O)c1cccc(C[C@H]2CCN(CCC(F)(F)C(F)(F)F)C2)c1. The smallest absolute Gasteiger partial charge is 0.366 e. The van der Waals surface area contributed by atoms with Gasteiger partial charge in [0.2, 0.25) is 5.91 Å².